The Labute approximate surface area is 185 Å². The summed E-state index contributed by atoms with van der Waals surface area (Å²) < 4.78 is 7.04. The van der Waals surface area contributed by atoms with E-state index in [2.05, 4.69) is 34.9 Å². The van der Waals surface area contributed by atoms with E-state index in [-0.39, 0.29) is 0 Å². The summed E-state index contributed by atoms with van der Waals surface area (Å²) in [7, 11) is 1.34. The fourth-order valence-corrected chi connectivity index (χ4v) is 4.69. The summed E-state index contributed by atoms with van der Waals surface area (Å²) in [5.41, 5.74) is 2.67. The molecule has 0 spiro atoms. The lowest BCUT2D eigenvalue weighted by Gasteiger charge is -2.06. The Morgan fingerprint density at radius 3 is 2.64 bits per heavy atom. The van der Waals surface area contributed by atoms with Gasteiger partial charge in [0.05, 0.1) is 33.0 Å². The number of rotatable bonds is 5. The van der Waals surface area contributed by atoms with Crippen molar-refractivity contribution in [1.29, 1.82) is 0 Å². The molecule has 1 aromatic carbocycles. The Bertz CT molecular complexity index is 1050. The molecule has 0 atom stereocenters. The Morgan fingerprint density at radius 1 is 1.32 bits per heavy atom. The number of aromatic nitrogens is 3. The molecule has 0 aliphatic carbocycles. The van der Waals surface area contributed by atoms with Crippen molar-refractivity contribution in [1.82, 2.24) is 14.8 Å². The molecule has 0 fully saturated rings. The number of halogens is 3. The molecule has 3 aromatic rings. The maximum Gasteiger partial charge on any atom is 0.358 e. The van der Waals surface area contributed by atoms with Crippen molar-refractivity contribution in [3.8, 4) is 16.4 Å². The molecule has 148 valence electrons. The fraction of sp³-hybridized carbons (Fsp3) is 0.316. The van der Waals surface area contributed by atoms with E-state index in [1.54, 1.807) is 12.1 Å². The zero-order valence-electron chi connectivity index (χ0n) is 15.7. The van der Waals surface area contributed by atoms with Crippen LogP contribution in [-0.4, -0.2) is 27.8 Å². The Balaban J connectivity index is 2.19. The molecule has 9 heteroatoms. The first-order chi connectivity index (χ1) is 13.2. The Kier molecular flexibility index (Phi) is 6.49. The van der Waals surface area contributed by atoms with E-state index < -0.39 is 5.97 Å². The van der Waals surface area contributed by atoms with Gasteiger partial charge in [-0.05, 0) is 47.3 Å². The molecule has 5 nitrogen and oxygen atoms in total. The van der Waals surface area contributed by atoms with E-state index in [0.29, 0.717) is 37.0 Å². The number of thiazole rings is 1. The van der Waals surface area contributed by atoms with Crippen LogP contribution in [0.5, 0.6) is 0 Å². The molecule has 0 unspecified atom stereocenters. The highest BCUT2D eigenvalue weighted by atomic mass is 79.9. The van der Waals surface area contributed by atoms with Crippen molar-refractivity contribution in [2.24, 2.45) is 5.92 Å². The highest BCUT2D eigenvalue weighted by Gasteiger charge is 2.25. The number of hydrogen-bond donors (Lipinski definition) is 0. The zero-order valence-corrected chi connectivity index (χ0v) is 19.6. The third-order valence-electron chi connectivity index (χ3n) is 4.02. The third-order valence-corrected chi connectivity index (χ3v) is 6.76. The van der Waals surface area contributed by atoms with Gasteiger partial charge in [0.2, 0.25) is 5.13 Å². The zero-order chi connectivity index (χ0) is 20.6. The van der Waals surface area contributed by atoms with Crippen LogP contribution in [0.25, 0.3) is 16.4 Å². The lowest BCUT2D eigenvalue weighted by molar-refractivity contribution is 0.0589. The molecule has 0 saturated carbocycles. The number of methoxy groups -OCH3 is 1. The SMILES string of the molecule is COC(=O)c1c(Br)c(C)nn1-c1nc(-c2ccc(Cl)c(Cl)c2)c(CC(C)C)s1. The molecular weight excluding hydrogens is 485 g/mol. The van der Waals surface area contributed by atoms with E-state index in [0.717, 1.165) is 22.6 Å². The van der Waals surface area contributed by atoms with Crippen LogP contribution in [0.4, 0.5) is 0 Å². The molecule has 28 heavy (non-hydrogen) atoms. The Hall–Kier alpha value is -1.41. The third kappa shape index (κ3) is 4.13. The van der Waals surface area contributed by atoms with Crippen molar-refractivity contribution in [2.45, 2.75) is 27.2 Å². The minimum absolute atomic E-state index is 0.311. The molecule has 0 saturated heterocycles. The topological polar surface area (TPSA) is 57.0 Å². The summed E-state index contributed by atoms with van der Waals surface area (Å²) >= 11 is 17.2. The van der Waals surface area contributed by atoms with E-state index in [1.807, 2.05) is 13.0 Å². The second-order valence-corrected chi connectivity index (χ2v) is 9.32. The molecule has 0 aliphatic rings. The van der Waals surface area contributed by atoms with Crippen LogP contribution in [0.2, 0.25) is 10.0 Å². The van der Waals surface area contributed by atoms with Gasteiger partial charge in [0, 0.05) is 10.4 Å². The first kappa shape index (κ1) is 21.3. The lowest BCUT2D eigenvalue weighted by Crippen LogP contribution is -2.10. The van der Waals surface area contributed by atoms with Gasteiger partial charge in [0.25, 0.3) is 0 Å². The maximum absolute atomic E-state index is 12.3. The number of esters is 1. The minimum atomic E-state index is -0.482. The summed E-state index contributed by atoms with van der Waals surface area (Å²) in [6.45, 7) is 6.11. The van der Waals surface area contributed by atoms with Crippen molar-refractivity contribution in [3.63, 3.8) is 0 Å². The second-order valence-electron chi connectivity index (χ2n) is 6.65. The molecule has 0 bridgehead atoms. The molecule has 3 rings (SSSR count). The normalized spacial score (nSPS) is 11.3. The summed E-state index contributed by atoms with van der Waals surface area (Å²) in [4.78, 5) is 18.2. The predicted octanol–water partition coefficient (Wildman–Crippen LogP) is 6.36. The minimum Gasteiger partial charge on any atom is -0.464 e. The number of ether oxygens (including phenoxy) is 1. The molecule has 0 N–H and O–H groups in total. The number of benzene rings is 1. The summed E-state index contributed by atoms with van der Waals surface area (Å²) in [6.07, 6.45) is 0.836. The van der Waals surface area contributed by atoms with Gasteiger partial charge in [-0.25, -0.2) is 9.78 Å². The quantitative estimate of drug-likeness (QED) is 0.381. The molecule has 2 heterocycles. The largest absolute Gasteiger partial charge is 0.464 e. The lowest BCUT2D eigenvalue weighted by atomic mass is 10.0. The van der Waals surface area contributed by atoms with Crippen LogP contribution in [-0.2, 0) is 11.2 Å². The summed E-state index contributed by atoms with van der Waals surface area (Å²) in [6, 6.07) is 5.45. The van der Waals surface area contributed by atoms with E-state index in [1.165, 1.54) is 23.1 Å². The fourth-order valence-electron chi connectivity index (χ4n) is 2.73. The highest BCUT2D eigenvalue weighted by Crippen LogP contribution is 2.36. The van der Waals surface area contributed by atoms with Gasteiger partial charge in [-0.1, -0.05) is 54.5 Å². The van der Waals surface area contributed by atoms with Crippen molar-refractivity contribution in [3.05, 3.63) is 49.0 Å². The van der Waals surface area contributed by atoms with Crippen molar-refractivity contribution >= 4 is 56.4 Å². The van der Waals surface area contributed by atoms with Gasteiger partial charge in [-0.2, -0.15) is 9.78 Å². The monoisotopic (exact) mass is 501 g/mol. The first-order valence-electron chi connectivity index (χ1n) is 8.51. The van der Waals surface area contributed by atoms with E-state index >= 15 is 0 Å². The van der Waals surface area contributed by atoms with E-state index in [4.69, 9.17) is 32.9 Å². The predicted molar refractivity (Wildman–Crippen MR) is 117 cm³/mol. The smallest absolute Gasteiger partial charge is 0.358 e. The molecule has 0 amide bonds. The summed E-state index contributed by atoms with van der Waals surface area (Å²) in [5, 5.41) is 6.03. The summed E-state index contributed by atoms with van der Waals surface area (Å²) in [5.74, 6) is -0.0508. The second kappa shape index (κ2) is 8.53. The van der Waals surface area contributed by atoms with Crippen molar-refractivity contribution < 1.29 is 9.53 Å². The van der Waals surface area contributed by atoms with E-state index in [9.17, 15) is 4.79 Å². The number of nitrogens with zero attached hydrogens (tertiary/aromatic N) is 3. The maximum atomic E-state index is 12.3. The number of carbonyl (C=O) groups excluding carboxylic acids is 1. The van der Waals surface area contributed by atoms with Gasteiger partial charge in [0.1, 0.15) is 0 Å². The molecular formula is C19H18BrCl2N3O2S. The average molecular weight is 503 g/mol. The Morgan fingerprint density at radius 2 is 2.04 bits per heavy atom. The van der Waals surface area contributed by atoms with Crippen LogP contribution in [0.15, 0.2) is 22.7 Å². The van der Waals surface area contributed by atoms with Gasteiger partial charge >= 0.3 is 5.97 Å². The van der Waals surface area contributed by atoms with Gasteiger partial charge in [0.15, 0.2) is 5.69 Å². The van der Waals surface area contributed by atoms with Gasteiger partial charge in [-0.3, -0.25) is 0 Å². The standard InChI is InChI=1S/C19H18BrCl2N3O2S/c1-9(2)7-14-16(11-5-6-12(21)13(22)8-11)23-19(28-14)25-17(18(26)27-4)15(20)10(3)24-25/h5-6,8-9H,7H2,1-4H3. The average Bonchev–Trinajstić information content (AvgIpc) is 3.18. The molecule has 0 radical (unpaired) electrons. The van der Waals surface area contributed by atoms with Crippen LogP contribution in [0.3, 0.4) is 0 Å². The van der Waals surface area contributed by atoms with Gasteiger partial charge < -0.3 is 4.74 Å². The van der Waals surface area contributed by atoms with Crippen LogP contribution < -0.4 is 0 Å². The van der Waals surface area contributed by atoms with Crippen LogP contribution >= 0.6 is 50.5 Å². The molecule has 2 aromatic heterocycles. The van der Waals surface area contributed by atoms with Crippen LogP contribution in [0, 0.1) is 12.8 Å². The first-order valence-corrected chi connectivity index (χ1v) is 10.9. The van der Waals surface area contributed by atoms with Crippen LogP contribution in [0.1, 0.15) is 34.9 Å². The highest BCUT2D eigenvalue weighted by molar-refractivity contribution is 9.10. The number of hydrogen-bond acceptors (Lipinski definition) is 5. The number of aryl methyl sites for hydroxylation is 1. The van der Waals surface area contributed by atoms with Gasteiger partial charge in [-0.15, -0.1) is 0 Å². The molecule has 0 aliphatic heterocycles. The van der Waals surface area contributed by atoms with Crippen molar-refractivity contribution in [2.75, 3.05) is 7.11 Å². The number of carbonyl (C=O) groups is 1.